The van der Waals surface area contributed by atoms with Gasteiger partial charge in [-0.25, -0.2) is 4.98 Å². The fraction of sp³-hybridized carbons (Fsp3) is 0.750. The quantitative estimate of drug-likeness (QED) is 0.890. The summed E-state index contributed by atoms with van der Waals surface area (Å²) in [7, 11) is 0. The van der Waals surface area contributed by atoms with Crippen LogP contribution in [0.2, 0.25) is 0 Å². The third kappa shape index (κ3) is 2.68. The van der Waals surface area contributed by atoms with Gasteiger partial charge in [0.2, 0.25) is 0 Å². The normalized spacial score (nSPS) is 26.6. The molecule has 2 heterocycles. The first-order chi connectivity index (χ1) is 8.13. The number of rotatable bonds is 3. The predicted molar refractivity (Wildman–Crippen MR) is 70.2 cm³/mol. The Hall–Kier alpha value is -0.490. The van der Waals surface area contributed by atoms with Crippen LogP contribution in [-0.4, -0.2) is 41.7 Å². The van der Waals surface area contributed by atoms with Crippen molar-refractivity contribution in [2.75, 3.05) is 19.7 Å². The van der Waals surface area contributed by atoms with Gasteiger partial charge in [0.1, 0.15) is 5.01 Å². The Morgan fingerprint density at radius 3 is 2.94 bits per heavy atom. The van der Waals surface area contributed by atoms with Gasteiger partial charge in [-0.15, -0.1) is 11.3 Å². The molecular formula is C12H21N3OS. The summed E-state index contributed by atoms with van der Waals surface area (Å²) in [4.78, 5) is 7.05. The first-order valence-electron chi connectivity index (χ1n) is 6.13. The maximum absolute atomic E-state index is 5.83. The lowest BCUT2D eigenvalue weighted by atomic mass is 10.1. The van der Waals surface area contributed by atoms with Crippen LogP contribution in [0.5, 0.6) is 0 Å². The van der Waals surface area contributed by atoms with Crippen molar-refractivity contribution in [1.82, 2.24) is 9.88 Å². The summed E-state index contributed by atoms with van der Waals surface area (Å²) < 4.78 is 5.78. The van der Waals surface area contributed by atoms with E-state index in [0.717, 1.165) is 23.9 Å². The van der Waals surface area contributed by atoms with E-state index < -0.39 is 0 Å². The second kappa shape index (κ2) is 5.44. The highest BCUT2D eigenvalue weighted by molar-refractivity contribution is 7.09. The van der Waals surface area contributed by atoms with Gasteiger partial charge in [0.05, 0.1) is 18.8 Å². The van der Waals surface area contributed by atoms with Crippen molar-refractivity contribution in [3.8, 4) is 0 Å². The molecule has 96 valence electrons. The summed E-state index contributed by atoms with van der Waals surface area (Å²) in [5.74, 6) is 0. The number of nitrogens with two attached hydrogens (primary N) is 1. The van der Waals surface area contributed by atoms with E-state index in [1.807, 2.05) is 6.92 Å². The molecule has 0 bridgehead atoms. The highest BCUT2D eigenvalue weighted by Gasteiger charge is 2.35. The highest BCUT2D eigenvalue weighted by Crippen LogP contribution is 2.32. The second-order valence-corrected chi connectivity index (χ2v) is 5.64. The Balaban J connectivity index is 2.28. The van der Waals surface area contributed by atoms with Crippen molar-refractivity contribution < 1.29 is 4.74 Å². The SMILES string of the molecule is Cc1csc(C2C(CN)OCCN2C(C)C)n1. The van der Waals surface area contributed by atoms with E-state index in [1.165, 1.54) is 0 Å². The maximum atomic E-state index is 5.83. The van der Waals surface area contributed by atoms with Crippen LogP contribution in [0.15, 0.2) is 5.38 Å². The van der Waals surface area contributed by atoms with E-state index in [2.05, 4.69) is 29.1 Å². The summed E-state index contributed by atoms with van der Waals surface area (Å²) in [6, 6.07) is 0.703. The van der Waals surface area contributed by atoms with Gasteiger partial charge in [-0.1, -0.05) is 0 Å². The molecule has 0 saturated carbocycles. The Bertz CT molecular complexity index is 366. The molecule has 2 rings (SSSR count). The number of thiazole rings is 1. The van der Waals surface area contributed by atoms with Crippen molar-refractivity contribution in [2.45, 2.75) is 39.0 Å². The number of aryl methyl sites for hydroxylation is 1. The van der Waals surface area contributed by atoms with Crippen LogP contribution in [0.1, 0.15) is 30.6 Å². The van der Waals surface area contributed by atoms with Gasteiger partial charge < -0.3 is 10.5 Å². The molecule has 2 atom stereocenters. The topological polar surface area (TPSA) is 51.4 Å². The van der Waals surface area contributed by atoms with Gasteiger partial charge in [-0.05, 0) is 20.8 Å². The van der Waals surface area contributed by atoms with Crippen LogP contribution < -0.4 is 5.73 Å². The van der Waals surface area contributed by atoms with Gasteiger partial charge >= 0.3 is 0 Å². The van der Waals surface area contributed by atoms with Crippen LogP contribution in [0, 0.1) is 6.92 Å². The van der Waals surface area contributed by atoms with E-state index in [9.17, 15) is 0 Å². The maximum Gasteiger partial charge on any atom is 0.113 e. The lowest BCUT2D eigenvalue weighted by Crippen LogP contribution is -2.50. The monoisotopic (exact) mass is 255 g/mol. The number of nitrogens with zero attached hydrogens (tertiary/aromatic N) is 2. The Labute approximate surface area is 107 Å². The average Bonchev–Trinajstić information content (AvgIpc) is 2.74. The Morgan fingerprint density at radius 1 is 1.65 bits per heavy atom. The molecule has 1 aromatic rings. The van der Waals surface area contributed by atoms with Crippen molar-refractivity contribution >= 4 is 11.3 Å². The molecule has 0 aliphatic carbocycles. The third-order valence-electron chi connectivity index (χ3n) is 3.18. The summed E-state index contributed by atoms with van der Waals surface area (Å²) >= 11 is 1.71. The van der Waals surface area contributed by atoms with E-state index in [0.29, 0.717) is 12.6 Å². The second-order valence-electron chi connectivity index (χ2n) is 4.75. The molecule has 17 heavy (non-hydrogen) atoms. The number of aromatic nitrogens is 1. The van der Waals surface area contributed by atoms with Crippen LogP contribution in [0.4, 0.5) is 0 Å². The summed E-state index contributed by atoms with van der Waals surface area (Å²) in [6.45, 7) is 8.73. The molecular weight excluding hydrogens is 234 g/mol. The number of ether oxygens (including phenoxy) is 1. The van der Waals surface area contributed by atoms with E-state index in [4.69, 9.17) is 10.5 Å². The van der Waals surface area contributed by atoms with Crippen LogP contribution in [0.3, 0.4) is 0 Å². The van der Waals surface area contributed by atoms with Crippen molar-refractivity contribution in [3.63, 3.8) is 0 Å². The standard InChI is InChI=1S/C12H21N3OS/c1-8(2)15-4-5-16-10(6-13)11(15)12-14-9(3)7-17-12/h7-8,10-11H,4-6,13H2,1-3H3. The number of hydrogen-bond donors (Lipinski definition) is 1. The van der Waals surface area contributed by atoms with Crippen LogP contribution in [-0.2, 0) is 4.74 Å². The highest BCUT2D eigenvalue weighted by atomic mass is 32.1. The largest absolute Gasteiger partial charge is 0.373 e. The van der Waals surface area contributed by atoms with Crippen LogP contribution >= 0.6 is 11.3 Å². The lowest BCUT2D eigenvalue weighted by molar-refractivity contribution is -0.0789. The number of hydrogen-bond acceptors (Lipinski definition) is 5. The minimum absolute atomic E-state index is 0.0664. The molecule has 0 amide bonds. The molecule has 2 N–H and O–H groups in total. The molecule has 4 nitrogen and oxygen atoms in total. The van der Waals surface area contributed by atoms with Gasteiger partial charge in [0.25, 0.3) is 0 Å². The first-order valence-corrected chi connectivity index (χ1v) is 7.01. The third-order valence-corrected chi connectivity index (χ3v) is 4.21. The molecule has 1 aliphatic rings. The van der Waals surface area contributed by atoms with Crippen molar-refractivity contribution in [2.24, 2.45) is 5.73 Å². The molecule has 2 unspecified atom stereocenters. The van der Waals surface area contributed by atoms with Gasteiger partial charge in [-0.3, -0.25) is 4.90 Å². The van der Waals surface area contributed by atoms with E-state index in [1.54, 1.807) is 11.3 Å². The zero-order chi connectivity index (χ0) is 12.4. The van der Waals surface area contributed by atoms with Crippen LogP contribution in [0.25, 0.3) is 0 Å². The first kappa shape index (κ1) is 13.0. The van der Waals surface area contributed by atoms with Gasteiger partial charge in [0, 0.05) is 30.2 Å². The zero-order valence-corrected chi connectivity index (χ0v) is 11.5. The van der Waals surface area contributed by atoms with Crippen molar-refractivity contribution in [3.05, 3.63) is 16.1 Å². The average molecular weight is 255 g/mol. The van der Waals surface area contributed by atoms with Gasteiger partial charge in [-0.2, -0.15) is 0 Å². The smallest absolute Gasteiger partial charge is 0.113 e. The predicted octanol–water partition coefficient (Wildman–Crippen LogP) is 1.56. The fourth-order valence-electron chi connectivity index (χ4n) is 2.34. The Kier molecular flexibility index (Phi) is 4.14. The van der Waals surface area contributed by atoms with E-state index >= 15 is 0 Å². The fourth-order valence-corrected chi connectivity index (χ4v) is 3.31. The van der Waals surface area contributed by atoms with Crippen molar-refractivity contribution in [1.29, 1.82) is 0 Å². The van der Waals surface area contributed by atoms with E-state index in [-0.39, 0.29) is 12.1 Å². The molecule has 1 aromatic heterocycles. The summed E-state index contributed by atoms with van der Waals surface area (Å²) in [5, 5.41) is 3.22. The molecule has 0 radical (unpaired) electrons. The molecule has 1 fully saturated rings. The zero-order valence-electron chi connectivity index (χ0n) is 10.7. The molecule has 1 aliphatic heterocycles. The summed E-state index contributed by atoms with van der Waals surface area (Å²) in [5.41, 5.74) is 6.90. The molecule has 0 spiro atoms. The number of morpholine rings is 1. The van der Waals surface area contributed by atoms with Gasteiger partial charge in [0.15, 0.2) is 0 Å². The molecule has 0 aromatic carbocycles. The summed E-state index contributed by atoms with van der Waals surface area (Å²) in [6.07, 6.45) is 0.0664. The minimum atomic E-state index is 0.0664. The molecule has 1 saturated heterocycles. The Morgan fingerprint density at radius 2 is 2.41 bits per heavy atom. The molecule has 5 heteroatoms. The minimum Gasteiger partial charge on any atom is -0.373 e. The lowest BCUT2D eigenvalue weighted by Gasteiger charge is -2.42.